The van der Waals surface area contributed by atoms with Crippen LogP contribution in [0.2, 0.25) is 0 Å². The van der Waals surface area contributed by atoms with E-state index < -0.39 is 0 Å². The molecule has 2 heteroatoms. The van der Waals surface area contributed by atoms with Gasteiger partial charge in [0, 0.05) is 19.2 Å². The molecule has 19 heavy (non-hydrogen) atoms. The van der Waals surface area contributed by atoms with Crippen LogP contribution in [-0.4, -0.2) is 19.8 Å². The first-order valence-corrected chi connectivity index (χ1v) is 7.76. The normalized spacial score (nSPS) is 21.2. The van der Waals surface area contributed by atoms with E-state index in [1.165, 1.54) is 37.7 Å². The number of nitrogens with one attached hydrogen (secondary N) is 1. The fourth-order valence-electron chi connectivity index (χ4n) is 2.76. The van der Waals surface area contributed by atoms with Crippen LogP contribution in [0.5, 0.6) is 0 Å². The molecule has 1 aliphatic heterocycles. The van der Waals surface area contributed by atoms with Gasteiger partial charge in [-0.1, -0.05) is 50.1 Å². The molecule has 2 nitrogen and oxygen atoms in total. The molecule has 1 aromatic carbocycles. The third kappa shape index (κ3) is 4.96. The summed E-state index contributed by atoms with van der Waals surface area (Å²) in [6.07, 6.45) is 6.30. The maximum Gasteiger partial charge on any atom is 0.0506 e. The van der Waals surface area contributed by atoms with E-state index >= 15 is 0 Å². The standard InChI is InChI=1S/C17H27NO/c1-2-3-11-17(16-9-5-4-6-10-16)18-13-15-8-7-12-19-14-15/h4-6,9-10,15,17-18H,2-3,7-8,11-14H2,1H3. The van der Waals surface area contributed by atoms with Crippen molar-refractivity contribution in [3.63, 3.8) is 0 Å². The molecule has 0 saturated carbocycles. The molecule has 1 fully saturated rings. The van der Waals surface area contributed by atoms with Gasteiger partial charge in [-0.05, 0) is 30.7 Å². The third-order valence-corrected chi connectivity index (χ3v) is 3.96. The summed E-state index contributed by atoms with van der Waals surface area (Å²) in [6, 6.07) is 11.4. The number of hydrogen-bond acceptors (Lipinski definition) is 2. The number of hydrogen-bond donors (Lipinski definition) is 1. The first-order valence-electron chi connectivity index (χ1n) is 7.76. The molecular formula is C17H27NO. The lowest BCUT2D eigenvalue weighted by atomic mass is 9.98. The van der Waals surface area contributed by atoms with Crippen LogP contribution in [0, 0.1) is 5.92 Å². The maximum atomic E-state index is 5.56. The number of unbranched alkanes of at least 4 members (excludes halogenated alkanes) is 1. The van der Waals surface area contributed by atoms with Crippen molar-refractivity contribution in [3.05, 3.63) is 35.9 Å². The summed E-state index contributed by atoms with van der Waals surface area (Å²) in [5.41, 5.74) is 1.42. The SMILES string of the molecule is CCCCC(NCC1CCCOC1)c1ccccc1. The Morgan fingerprint density at radius 2 is 2.16 bits per heavy atom. The second kappa shape index (κ2) is 8.34. The van der Waals surface area contributed by atoms with Crippen molar-refractivity contribution < 1.29 is 4.74 Å². The average molecular weight is 261 g/mol. The van der Waals surface area contributed by atoms with E-state index in [2.05, 4.69) is 42.6 Å². The maximum absolute atomic E-state index is 5.56. The molecule has 0 radical (unpaired) electrons. The van der Waals surface area contributed by atoms with Gasteiger partial charge in [0.25, 0.3) is 0 Å². The molecule has 0 bridgehead atoms. The Balaban J connectivity index is 1.86. The zero-order chi connectivity index (χ0) is 13.3. The molecule has 1 heterocycles. The van der Waals surface area contributed by atoms with Crippen LogP contribution in [0.15, 0.2) is 30.3 Å². The Bertz CT molecular complexity index is 332. The van der Waals surface area contributed by atoms with Gasteiger partial charge in [-0.3, -0.25) is 0 Å². The molecule has 1 aromatic rings. The highest BCUT2D eigenvalue weighted by Gasteiger charge is 2.16. The fourth-order valence-corrected chi connectivity index (χ4v) is 2.76. The van der Waals surface area contributed by atoms with E-state index in [0.29, 0.717) is 12.0 Å². The highest BCUT2D eigenvalue weighted by Crippen LogP contribution is 2.21. The zero-order valence-corrected chi connectivity index (χ0v) is 12.1. The van der Waals surface area contributed by atoms with Crippen LogP contribution in [0.3, 0.4) is 0 Å². The second-order valence-electron chi connectivity index (χ2n) is 5.60. The molecular weight excluding hydrogens is 234 g/mol. The summed E-state index contributed by atoms with van der Waals surface area (Å²) in [4.78, 5) is 0. The Morgan fingerprint density at radius 3 is 2.84 bits per heavy atom. The summed E-state index contributed by atoms with van der Waals surface area (Å²) in [6.45, 7) is 5.23. The minimum absolute atomic E-state index is 0.503. The van der Waals surface area contributed by atoms with E-state index in [9.17, 15) is 0 Å². The van der Waals surface area contributed by atoms with E-state index in [0.717, 1.165) is 19.8 Å². The predicted octanol–water partition coefficient (Wildman–Crippen LogP) is 3.93. The van der Waals surface area contributed by atoms with Crippen LogP contribution in [0.4, 0.5) is 0 Å². The van der Waals surface area contributed by atoms with Crippen molar-refractivity contribution in [1.29, 1.82) is 0 Å². The smallest absolute Gasteiger partial charge is 0.0506 e. The Labute approximate surface area is 117 Å². The minimum atomic E-state index is 0.503. The van der Waals surface area contributed by atoms with Crippen molar-refractivity contribution in [2.75, 3.05) is 19.8 Å². The lowest BCUT2D eigenvalue weighted by molar-refractivity contribution is 0.0536. The van der Waals surface area contributed by atoms with Gasteiger partial charge < -0.3 is 10.1 Å². The van der Waals surface area contributed by atoms with Gasteiger partial charge in [-0.2, -0.15) is 0 Å². The monoisotopic (exact) mass is 261 g/mol. The third-order valence-electron chi connectivity index (χ3n) is 3.96. The van der Waals surface area contributed by atoms with Gasteiger partial charge in [-0.15, -0.1) is 0 Å². The number of rotatable bonds is 7. The minimum Gasteiger partial charge on any atom is -0.381 e. The Morgan fingerprint density at radius 1 is 1.32 bits per heavy atom. The van der Waals surface area contributed by atoms with Crippen LogP contribution in [0.1, 0.15) is 50.6 Å². The largest absolute Gasteiger partial charge is 0.381 e. The lowest BCUT2D eigenvalue weighted by Crippen LogP contribution is -2.31. The second-order valence-corrected chi connectivity index (χ2v) is 5.60. The van der Waals surface area contributed by atoms with Crippen molar-refractivity contribution >= 4 is 0 Å². The molecule has 2 rings (SSSR count). The summed E-state index contributed by atoms with van der Waals surface area (Å²) >= 11 is 0. The number of benzene rings is 1. The molecule has 1 aliphatic rings. The summed E-state index contributed by atoms with van der Waals surface area (Å²) in [7, 11) is 0. The molecule has 0 aliphatic carbocycles. The first kappa shape index (κ1) is 14.5. The van der Waals surface area contributed by atoms with Crippen LogP contribution in [-0.2, 0) is 4.74 Å². The van der Waals surface area contributed by atoms with Gasteiger partial charge in [0.05, 0.1) is 6.61 Å². The lowest BCUT2D eigenvalue weighted by Gasteiger charge is -2.26. The van der Waals surface area contributed by atoms with Crippen LogP contribution >= 0.6 is 0 Å². The quantitative estimate of drug-likeness (QED) is 0.803. The molecule has 0 aromatic heterocycles. The van der Waals surface area contributed by atoms with Crippen molar-refractivity contribution in [3.8, 4) is 0 Å². The molecule has 0 amide bonds. The van der Waals surface area contributed by atoms with Crippen LogP contribution in [0.25, 0.3) is 0 Å². The van der Waals surface area contributed by atoms with Gasteiger partial charge in [0.15, 0.2) is 0 Å². The highest BCUT2D eigenvalue weighted by atomic mass is 16.5. The van der Waals surface area contributed by atoms with Gasteiger partial charge in [0.1, 0.15) is 0 Å². The Hall–Kier alpha value is -0.860. The fraction of sp³-hybridized carbons (Fsp3) is 0.647. The van der Waals surface area contributed by atoms with E-state index in [-0.39, 0.29) is 0 Å². The average Bonchev–Trinajstić information content (AvgIpc) is 2.49. The van der Waals surface area contributed by atoms with Crippen molar-refractivity contribution in [1.82, 2.24) is 5.32 Å². The summed E-state index contributed by atoms with van der Waals surface area (Å²) in [5.74, 6) is 0.696. The number of ether oxygens (including phenoxy) is 1. The first-order chi connectivity index (χ1) is 9.40. The molecule has 1 N–H and O–H groups in total. The Kier molecular flexibility index (Phi) is 6.38. The van der Waals surface area contributed by atoms with Crippen molar-refractivity contribution in [2.45, 2.75) is 45.1 Å². The molecule has 2 atom stereocenters. The summed E-state index contributed by atoms with van der Waals surface area (Å²) < 4.78 is 5.56. The topological polar surface area (TPSA) is 21.3 Å². The van der Waals surface area contributed by atoms with Gasteiger partial charge >= 0.3 is 0 Å². The summed E-state index contributed by atoms with van der Waals surface area (Å²) in [5, 5.41) is 3.76. The highest BCUT2D eigenvalue weighted by molar-refractivity contribution is 5.18. The van der Waals surface area contributed by atoms with Crippen LogP contribution < -0.4 is 5.32 Å². The molecule has 106 valence electrons. The van der Waals surface area contributed by atoms with Crippen molar-refractivity contribution in [2.24, 2.45) is 5.92 Å². The van der Waals surface area contributed by atoms with E-state index in [1.54, 1.807) is 0 Å². The van der Waals surface area contributed by atoms with Gasteiger partial charge in [0.2, 0.25) is 0 Å². The zero-order valence-electron chi connectivity index (χ0n) is 12.1. The predicted molar refractivity (Wildman–Crippen MR) is 80.3 cm³/mol. The van der Waals surface area contributed by atoms with E-state index in [1.807, 2.05) is 0 Å². The molecule has 1 saturated heterocycles. The van der Waals surface area contributed by atoms with Gasteiger partial charge in [-0.25, -0.2) is 0 Å². The van der Waals surface area contributed by atoms with E-state index in [4.69, 9.17) is 4.74 Å². The molecule has 0 spiro atoms. The molecule has 2 unspecified atom stereocenters.